The third kappa shape index (κ3) is 17.1. The van der Waals surface area contributed by atoms with Crippen LogP contribution in [0.4, 0.5) is 0 Å². The van der Waals surface area contributed by atoms with Crippen molar-refractivity contribution < 1.29 is 15.0 Å². The Kier molecular flexibility index (Phi) is 20.0. The van der Waals surface area contributed by atoms with Crippen LogP contribution in [-0.4, -0.2) is 22.3 Å². The molecule has 4 unspecified atom stereocenters. The van der Waals surface area contributed by atoms with Crippen LogP contribution < -0.4 is 0 Å². The largest absolute Gasteiger partial charge is 0.481 e. The van der Waals surface area contributed by atoms with Crippen LogP contribution in [0.2, 0.25) is 0 Å². The fourth-order valence-electron chi connectivity index (χ4n) is 4.57. The summed E-state index contributed by atoms with van der Waals surface area (Å²) < 4.78 is 0. The minimum Gasteiger partial charge on any atom is -0.481 e. The molecule has 30 heavy (non-hydrogen) atoms. The number of carbonyl (C=O) groups is 1. The predicted octanol–water partition coefficient (Wildman–Crippen LogP) is 8.38. The Morgan fingerprint density at radius 2 is 1.03 bits per heavy atom. The van der Waals surface area contributed by atoms with Crippen LogP contribution in [-0.2, 0) is 4.79 Å². The topological polar surface area (TPSA) is 57.5 Å². The fraction of sp³-hybridized carbons (Fsp3) is 0.963. The molecule has 0 fully saturated rings. The van der Waals surface area contributed by atoms with Crippen LogP contribution in [0.1, 0.15) is 143 Å². The van der Waals surface area contributed by atoms with E-state index in [0.29, 0.717) is 5.92 Å². The molecule has 0 aromatic carbocycles. The number of rotatable bonds is 22. The second-order valence-electron chi connectivity index (χ2n) is 10.0. The first kappa shape index (κ1) is 29.4. The summed E-state index contributed by atoms with van der Waals surface area (Å²) in [6.45, 7) is 8.10. The van der Waals surface area contributed by atoms with Crippen LogP contribution in [0.3, 0.4) is 0 Å². The van der Waals surface area contributed by atoms with Crippen molar-refractivity contribution in [1.82, 2.24) is 0 Å². The fourth-order valence-corrected chi connectivity index (χ4v) is 4.57. The highest BCUT2D eigenvalue weighted by Gasteiger charge is 2.27. The minimum atomic E-state index is -0.903. The van der Waals surface area contributed by atoms with E-state index in [1.807, 2.05) is 6.92 Å². The molecule has 0 rings (SSSR count). The summed E-state index contributed by atoms with van der Waals surface area (Å²) >= 11 is 0. The smallest absolute Gasteiger partial charge is 0.308 e. The lowest BCUT2D eigenvalue weighted by Gasteiger charge is -2.24. The Morgan fingerprint density at radius 1 is 0.667 bits per heavy atom. The van der Waals surface area contributed by atoms with Gasteiger partial charge < -0.3 is 10.2 Å². The molecule has 0 aliphatic rings. The maximum absolute atomic E-state index is 11.0. The second-order valence-corrected chi connectivity index (χ2v) is 10.0. The van der Waals surface area contributed by atoms with E-state index in [1.54, 1.807) is 6.92 Å². The van der Waals surface area contributed by atoms with Crippen molar-refractivity contribution in [3.8, 4) is 0 Å². The zero-order valence-corrected chi connectivity index (χ0v) is 20.8. The highest BCUT2D eigenvalue weighted by atomic mass is 16.4. The van der Waals surface area contributed by atoms with Crippen LogP contribution in [0.15, 0.2) is 0 Å². The molecule has 0 aliphatic heterocycles. The third-order valence-electron chi connectivity index (χ3n) is 6.81. The first-order valence-corrected chi connectivity index (χ1v) is 13.3. The first-order valence-electron chi connectivity index (χ1n) is 13.3. The molecule has 2 N–H and O–H groups in total. The molecule has 0 aliphatic carbocycles. The molecule has 180 valence electrons. The molecular formula is C27H54O3. The summed E-state index contributed by atoms with van der Waals surface area (Å²) in [6.07, 6.45) is 23.7. The highest BCUT2D eigenvalue weighted by Crippen LogP contribution is 2.24. The van der Waals surface area contributed by atoms with Gasteiger partial charge in [-0.05, 0) is 25.2 Å². The van der Waals surface area contributed by atoms with Crippen molar-refractivity contribution in [3.63, 3.8) is 0 Å². The number of hydrogen-bond donors (Lipinski definition) is 2. The predicted molar refractivity (Wildman–Crippen MR) is 130 cm³/mol. The van der Waals surface area contributed by atoms with Crippen molar-refractivity contribution in [1.29, 1.82) is 0 Å². The number of aliphatic hydroxyl groups is 1. The SMILES string of the molecule is CCCCCCCCCCCCCCCCCCC(C)CC(C)C(O)C(C)C(=O)O. The van der Waals surface area contributed by atoms with Crippen molar-refractivity contribution in [2.45, 2.75) is 149 Å². The summed E-state index contributed by atoms with van der Waals surface area (Å²) in [4.78, 5) is 11.0. The summed E-state index contributed by atoms with van der Waals surface area (Å²) in [5, 5.41) is 19.2. The molecule has 3 heteroatoms. The summed E-state index contributed by atoms with van der Waals surface area (Å²) in [7, 11) is 0. The molecule has 0 saturated heterocycles. The van der Waals surface area contributed by atoms with Gasteiger partial charge in [-0.15, -0.1) is 0 Å². The van der Waals surface area contributed by atoms with E-state index in [4.69, 9.17) is 5.11 Å². The summed E-state index contributed by atoms with van der Waals surface area (Å²) in [6, 6.07) is 0. The Balaban J connectivity index is 3.40. The van der Waals surface area contributed by atoms with E-state index in [2.05, 4.69) is 13.8 Å². The van der Waals surface area contributed by atoms with E-state index < -0.39 is 18.0 Å². The zero-order valence-electron chi connectivity index (χ0n) is 20.8. The molecule has 0 aromatic heterocycles. The van der Waals surface area contributed by atoms with Gasteiger partial charge in [-0.2, -0.15) is 0 Å². The molecular weight excluding hydrogens is 372 g/mol. The van der Waals surface area contributed by atoms with E-state index in [9.17, 15) is 9.90 Å². The maximum Gasteiger partial charge on any atom is 0.308 e. The number of hydrogen-bond acceptors (Lipinski definition) is 2. The third-order valence-corrected chi connectivity index (χ3v) is 6.81. The van der Waals surface area contributed by atoms with Gasteiger partial charge in [0.05, 0.1) is 12.0 Å². The van der Waals surface area contributed by atoms with Crippen molar-refractivity contribution in [2.75, 3.05) is 0 Å². The molecule has 0 aromatic rings. The van der Waals surface area contributed by atoms with Gasteiger partial charge >= 0.3 is 5.97 Å². The number of aliphatic carboxylic acids is 1. The molecule has 3 nitrogen and oxygen atoms in total. The van der Waals surface area contributed by atoms with Gasteiger partial charge in [-0.25, -0.2) is 0 Å². The quantitative estimate of drug-likeness (QED) is 0.171. The molecule has 0 heterocycles. The Bertz CT molecular complexity index is 382. The van der Waals surface area contributed by atoms with E-state index in [-0.39, 0.29) is 5.92 Å². The average Bonchev–Trinajstić information content (AvgIpc) is 2.72. The molecule has 4 atom stereocenters. The number of unbranched alkanes of at least 4 members (excludes halogenated alkanes) is 15. The van der Waals surface area contributed by atoms with Gasteiger partial charge in [0.15, 0.2) is 0 Å². The molecule has 0 amide bonds. The highest BCUT2D eigenvalue weighted by molar-refractivity contribution is 5.70. The standard InChI is InChI=1S/C27H54O3/c1-5-6-7-8-9-10-11-12-13-14-15-16-17-18-19-20-21-23(2)22-24(3)26(28)25(4)27(29)30/h23-26,28H,5-22H2,1-4H3,(H,29,30). The molecule has 0 spiro atoms. The van der Waals surface area contributed by atoms with Gasteiger partial charge in [-0.3, -0.25) is 4.79 Å². The van der Waals surface area contributed by atoms with Gasteiger partial charge in [0.1, 0.15) is 0 Å². The Hall–Kier alpha value is -0.570. The van der Waals surface area contributed by atoms with Crippen LogP contribution >= 0.6 is 0 Å². The normalized spacial score (nSPS) is 15.6. The lowest BCUT2D eigenvalue weighted by molar-refractivity contribution is -0.146. The number of aliphatic hydroxyl groups excluding tert-OH is 1. The average molecular weight is 427 g/mol. The lowest BCUT2D eigenvalue weighted by atomic mass is 9.85. The second kappa shape index (κ2) is 20.3. The zero-order chi connectivity index (χ0) is 22.6. The van der Waals surface area contributed by atoms with E-state index >= 15 is 0 Å². The van der Waals surface area contributed by atoms with Crippen LogP contribution in [0.5, 0.6) is 0 Å². The summed E-state index contributed by atoms with van der Waals surface area (Å²) in [5.41, 5.74) is 0. The minimum absolute atomic E-state index is 0.0483. The van der Waals surface area contributed by atoms with E-state index in [1.165, 1.54) is 109 Å². The Morgan fingerprint density at radius 3 is 1.40 bits per heavy atom. The number of carboxylic acid groups (broad SMARTS) is 1. The number of carboxylic acids is 1. The summed E-state index contributed by atoms with van der Waals surface area (Å²) in [5.74, 6) is -0.975. The first-order chi connectivity index (χ1) is 14.4. The van der Waals surface area contributed by atoms with Gasteiger partial charge in [0.2, 0.25) is 0 Å². The molecule has 0 bridgehead atoms. The van der Waals surface area contributed by atoms with Gasteiger partial charge in [0, 0.05) is 0 Å². The molecule has 0 saturated carbocycles. The molecule has 0 radical (unpaired) electrons. The van der Waals surface area contributed by atoms with Crippen molar-refractivity contribution in [2.24, 2.45) is 17.8 Å². The van der Waals surface area contributed by atoms with E-state index in [0.717, 1.165) is 6.42 Å². The van der Waals surface area contributed by atoms with Crippen LogP contribution in [0.25, 0.3) is 0 Å². The van der Waals surface area contributed by atoms with Gasteiger partial charge in [0.25, 0.3) is 0 Å². The van der Waals surface area contributed by atoms with Crippen molar-refractivity contribution >= 4 is 5.97 Å². The maximum atomic E-state index is 11.0. The van der Waals surface area contributed by atoms with Crippen LogP contribution in [0, 0.1) is 17.8 Å². The lowest BCUT2D eigenvalue weighted by Crippen LogP contribution is -2.32. The van der Waals surface area contributed by atoms with Crippen molar-refractivity contribution in [3.05, 3.63) is 0 Å². The monoisotopic (exact) mass is 426 g/mol. The van der Waals surface area contributed by atoms with Gasteiger partial charge in [-0.1, -0.05) is 130 Å². The Labute approximate surface area is 188 Å².